The average Bonchev–Trinajstić information content (AvgIpc) is 3.20. The van der Waals surface area contributed by atoms with Crippen molar-refractivity contribution in [3.8, 4) is 5.75 Å². The summed E-state index contributed by atoms with van der Waals surface area (Å²) in [6, 6.07) is 17.7. The number of ether oxygens (including phenoxy) is 2. The van der Waals surface area contributed by atoms with Gasteiger partial charge in [-0.05, 0) is 72.0 Å². The number of aromatic nitrogens is 2. The topological polar surface area (TPSA) is 76.8 Å². The van der Waals surface area contributed by atoms with Gasteiger partial charge in [0.15, 0.2) is 0 Å². The number of hydrogen-bond acceptors (Lipinski definition) is 5. The molecule has 0 unspecified atom stereocenters. The number of carboxylic acid groups (broad SMARTS) is 1. The zero-order chi connectivity index (χ0) is 25.4. The van der Waals surface area contributed by atoms with E-state index in [2.05, 4.69) is 21.6 Å². The van der Waals surface area contributed by atoms with Gasteiger partial charge in [-0.1, -0.05) is 18.2 Å². The third kappa shape index (κ3) is 5.08. The fraction of sp³-hybridized carbons (Fsp3) is 0.310. The Morgan fingerprint density at radius 1 is 1.14 bits per heavy atom. The highest BCUT2D eigenvalue weighted by molar-refractivity contribution is 5.92. The maximum atomic E-state index is 13.5. The lowest BCUT2D eigenvalue weighted by Gasteiger charge is -2.30. The molecule has 4 aromatic rings. The molecule has 3 heterocycles. The molecule has 1 saturated heterocycles. The zero-order valence-electron chi connectivity index (χ0n) is 20.4. The van der Waals surface area contributed by atoms with Gasteiger partial charge in [-0.3, -0.25) is 4.90 Å². The summed E-state index contributed by atoms with van der Waals surface area (Å²) < 4.78 is 27.2. The molecule has 2 aliphatic heterocycles. The van der Waals surface area contributed by atoms with E-state index in [-0.39, 0.29) is 17.5 Å². The van der Waals surface area contributed by atoms with Crippen molar-refractivity contribution >= 4 is 17.0 Å². The van der Waals surface area contributed by atoms with Crippen molar-refractivity contribution < 1.29 is 23.8 Å². The summed E-state index contributed by atoms with van der Waals surface area (Å²) in [6.07, 6.45) is 2.05. The van der Waals surface area contributed by atoms with Crippen molar-refractivity contribution in [2.75, 3.05) is 13.2 Å². The molecule has 6 rings (SSSR count). The maximum Gasteiger partial charge on any atom is 0.335 e. The monoisotopic (exact) mass is 501 g/mol. The SMILES string of the molecule is O=C(O)c1ccc2nc(CN3CCc4ccc(OCc5cccc(F)c5)cc4C3)n(C[C@@H]3CCO3)c2c1. The van der Waals surface area contributed by atoms with Crippen molar-refractivity contribution in [1.29, 1.82) is 0 Å². The highest BCUT2D eigenvalue weighted by Crippen LogP contribution is 2.27. The van der Waals surface area contributed by atoms with Crippen molar-refractivity contribution in [3.05, 3.63) is 94.6 Å². The Morgan fingerprint density at radius 3 is 2.81 bits per heavy atom. The van der Waals surface area contributed by atoms with Crippen LogP contribution >= 0.6 is 0 Å². The van der Waals surface area contributed by atoms with E-state index >= 15 is 0 Å². The highest BCUT2D eigenvalue weighted by Gasteiger charge is 2.24. The van der Waals surface area contributed by atoms with Gasteiger partial charge in [-0.15, -0.1) is 0 Å². The van der Waals surface area contributed by atoms with Crippen LogP contribution in [-0.2, 0) is 37.4 Å². The first-order chi connectivity index (χ1) is 18.0. The molecule has 1 aromatic heterocycles. The first-order valence-electron chi connectivity index (χ1n) is 12.6. The van der Waals surface area contributed by atoms with Crippen LogP contribution in [0.15, 0.2) is 60.7 Å². The molecule has 7 nitrogen and oxygen atoms in total. The average molecular weight is 502 g/mol. The molecule has 0 spiro atoms. The predicted octanol–water partition coefficient (Wildman–Crippen LogP) is 4.80. The first kappa shape index (κ1) is 23.6. The van der Waals surface area contributed by atoms with Gasteiger partial charge in [0, 0.05) is 19.7 Å². The number of hydrogen-bond donors (Lipinski definition) is 1. The number of nitrogens with zero attached hydrogens (tertiary/aromatic N) is 3. The summed E-state index contributed by atoms with van der Waals surface area (Å²) in [5, 5.41) is 9.48. The van der Waals surface area contributed by atoms with Gasteiger partial charge >= 0.3 is 5.97 Å². The largest absolute Gasteiger partial charge is 0.489 e. The number of halogens is 1. The number of imidazole rings is 1. The molecule has 3 aromatic carbocycles. The van der Waals surface area contributed by atoms with E-state index in [0.717, 1.165) is 60.7 Å². The van der Waals surface area contributed by atoms with Crippen molar-refractivity contribution in [2.24, 2.45) is 0 Å². The number of fused-ring (bicyclic) bond motifs is 2. The van der Waals surface area contributed by atoms with Crippen molar-refractivity contribution in [1.82, 2.24) is 14.5 Å². The molecule has 1 fully saturated rings. The van der Waals surface area contributed by atoms with E-state index in [4.69, 9.17) is 14.5 Å². The smallest absolute Gasteiger partial charge is 0.335 e. The van der Waals surface area contributed by atoms with Crippen LogP contribution in [0.1, 0.15) is 39.3 Å². The first-order valence-corrected chi connectivity index (χ1v) is 12.6. The molecule has 0 saturated carbocycles. The van der Waals surface area contributed by atoms with Crippen LogP contribution in [0.4, 0.5) is 4.39 Å². The van der Waals surface area contributed by atoms with E-state index in [1.807, 2.05) is 12.1 Å². The molecule has 1 atom stereocenters. The molecule has 1 N–H and O–H groups in total. The molecule has 0 amide bonds. The second kappa shape index (κ2) is 9.95. The summed E-state index contributed by atoms with van der Waals surface area (Å²) in [6.45, 7) is 4.05. The van der Waals surface area contributed by atoms with E-state index < -0.39 is 5.97 Å². The molecular formula is C29H28FN3O4. The van der Waals surface area contributed by atoms with Gasteiger partial charge in [0.2, 0.25) is 0 Å². The number of carboxylic acids is 1. The normalized spacial score (nSPS) is 17.4. The Balaban J connectivity index is 1.21. The summed E-state index contributed by atoms with van der Waals surface area (Å²) in [5.74, 6) is 0.464. The molecule has 0 radical (unpaired) electrons. The second-order valence-corrected chi connectivity index (χ2v) is 9.74. The van der Waals surface area contributed by atoms with Crippen LogP contribution in [0.5, 0.6) is 5.75 Å². The molecule has 0 aliphatic carbocycles. The minimum absolute atomic E-state index is 0.129. The maximum absolute atomic E-state index is 13.5. The second-order valence-electron chi connectivity index (χ2n) is 9.74. The summed E-state index contributed by atoms with van der Waals surface area (Å²) in [4.78, 5) is 18.8. The van der Waals surface area contributed by atoms with Crippen molar-refractivity contribution in [3.63, 3.8) is 0 Å². The number of benzene rings is 3. The van der Waals surface area contributed by atoms with Crippen LogP contribution in [0.25, 0.3) is 11.0 Å². The Labute approximate surface area is 214 Å². The van der Waals surface area contributed by atoms with E-state index in [1.54, 1.807) is 24.3 Å². The minimum Gasteiger partial charge on any atom is -0.489 e. The Kier molecular flexibility index (Phi) is 6.36. The quantitative estimate of drug-likeness (QED) is 0.374. The zero-order valence-corrected chi connectivity index (χ0v) is 20.4. The fourth-order valence-electron chi connectivity index (χ4n) is 5.07. The number of carbonyl (C=O) groups is 1. The Morgan fingerprint density at radius 2 is 2.03 bits per heavy atom. The van der Waals surface area contributed by atoms with Crippen LogP contribution in [-0.4, -0.2) is 44.8 Å². The van der Waals surface area contributed by atoms with Gasteiger partial charge < -0.3 is 19.1 Å². The van der Waals surface area contributed by atoms with Gasteiger partial charge in [0.1, 0.15) is 24.0 Å². The lowest BCUT2D eigenvalue weighted by molar-refractivity contribution is -0.0592. The lowest BCUT2D eigenvalue weighted by atomic mass is 9.99. The van der Waals surface area contributed by atoms with E-state index in [0.29, 0.717) is 19.7 Å². The van der Waals surface area contributed by atoms with Crippen LogP contribution in [0, 0.1) is 5.82 Å². The lowest BCUT2D eigenvalue weighted by Crippen LogP contribution is -2.34. The van der Waals surface area contributed by atoms with Gasteiger partial charge in [0.25, 0.3) is 0 Å². The third-order valence-electron chi connectivity index (χ3n) is 7.18. The molecule has 2 aliphatic rings. The molecule has 37 heavy (non-hydrogen) atoms. The molecule has 8 heteroatoms. The molecule has 0 bridgehead atoms. The van der Waals surface area contributed by atoms with Crippen LogP contribution in [0.3, 0.4) is 0 Å². The highest BCUT2D eigenvalue weighted by atomic mass is 19.1. The van der Waals surface area contributed by atoms with Gasteiger partial charge in [0.05, 0.1) is 35.8 Å². The summed E-state index contributed by atoms with van der Waals surface area (Å²) >= 11 is 0. The fourth-order valence-corrected chi connectivity index (χ4v) is 5.07. The van der Waals surface area contributed by atoms with Crippen LogP contribution < -0.4 is 4.74 Å². The minimum atomic E-state index is -0.945. The Bertz CT molecular complexity index is 1460. The number of aromatic carboxylic acids is 1. The van der Waals surface area contributed by atoms with Crippen LogP contribution in [0.2, 0.25) is 0 Å². The van der Waals surface area contributed by atoms with E-state index in [1.165, 1.54) is 23.3 Å². The van der Waals surface area contributed by atoms with Gasteiger partial charge in [-0.25, -0.2) is 14.2 Å². The van der Waals surface area contributed by atoms with Gasteiger partial charge in [-0.2, -0.15) is 0 Å². The van der Waals surface area contributed by atoms with Crippen molar-refractivity contribution in [2.45, 2.75) is 45.2 Å². The molecular weight excluding hydrogens is 473 g/mol. The molecule has 190 valence electrons. The summed E-state index contributed by atoms with van der Waals surface area (Å²) in [5.41, 5.74) is 5.19. The Hall–Kier alpha value is -3.75. The third-order valence-corrected chi connectivity index (χ3v) is 7.18. The summed E-state index contributed by atoms with van der Waals surface area (Å²) in [7, 11) is 0. The number of rotatable bonds is 8. The predicted molar refractivity (Wildman–Crippen MR) is 136 cm³/mol. The van der Waals surface area contributed by atoms with E-state index in [9.17, 15) is 14.3 Å². The standard InChI is InChI=1S/C29H28FN3O4/c30-23-3-1-2-19(12-23)18-37-24-6-4-20-8-10-32(15-22(20)13-24)17-28-31-26-7-5-21(29(34)35)14-27(26)33(28)16-25-9-11-36-25/h1-7,12-14,25H,8-11,15-18H2,(H,34,35)/t25-/m0/s1.